The van der Waals surface area contributed by atoms with Crippen molar-refractivity contribution in [2.24, 2.45) is 0 Å². The molecule has 2 N–H and O–H groups in total. The number of rotatable bonds is 8. The van der Waals surface area contributed by atoms with Gasteiger partial charge in [0.15, 0.2) is 11.5 Å². The van der Waals surface area contributed by atoms with Gasteiger partial charge in [-0.2, -0.15) is 0 Å². The molecule has 2 aromatic carbocycles. The molecule has 9 nitrogen and oxygen atoms in total. The number of aliphatic hydroxyl groups is 1. The number of benzene rings is 2. The summed E-state index contributed by atoms with van der Waals surface area (Å²) >= 11 is 0. The lowest BCUT2D eigenvalue weighted by Crippen LogP contribution is -2.35. The molecule has 1 aliphatic heterocycles. The highest BCUT2D eigenvalue weighted by Gasteiger charge is 2.29. The largest absolute Gasteiger partial charge is 0.491 e. The van der Waals surface area contributed by atoms with E-state index < -0.39 is 6.10 Å². The fraction of sp³-hybridized carbons (Fsp3) is 0.269. The minimum absolute atomic E-state index is 0.00152. The van der Waals surface area contributed by atoms with Gasteiger partial charge < -0.3 is 29.2 Å². The maximum atomic E-state index is 13.3. The second kappa shape index (κ2) is 8.92. The van der Waals surface area contributed by atoms with Gasteiger partial charge in [0.2, 0.25) is 6.79 Å². The second-order valence-electron chi connectivity index (χ2n) is 8.64. The predicted octanol–water partition coefficient (Wildman–Crippen LogP) is 3.67. The van der Waals surface area contributed by atoms with E-state index in [2.05, 4.69) is 15.5 Å². The highest BCUT2D eigenvalue weighted by atomic mass is 16.7. The lowest BCUT2D eigenvalue weighted by atomic mass is 10.0. The standard InChI is InChI=1S/C26H23N3O6/c30-17(13-32-18-8-9-21-22(10-18)34-14-33-21)12-27-25(31)19-11-20(15-6-7-15)28-26-23(19)24(29-35-26)16-4-2-1-3-5-16/h1-5,8-11,15,17,30H,6-7,12-14H2,(H,27,31). The smallest absolute Gasteiger partial charge is 0.259 e. The summed E-state index contributed by atoms with van der Waals surface area (Å²) in [7, 11) is 0. The molecule has 0 saturated heterocycles. The van der Waals surface area contributed by atoms with E-state index in [4.69, 9.17) is 18.7 Å². The number of aliphatic hydroxyl groups excluding tert-OH is 1. The molecule has 9 heteroatoms. The average Bonchev–Trinajstić information content (AvgIpc) is 3.49. The van der Waals surface area contributed by atoms with Gasteiger partial charge in [-0.25, -0.2) is 4.98 Å². The number of aromatic nitrogens is 2. The number of nitrogens with one attached hydrogen (secondary N) is 1. The Morgan fingerprint density at radius 3 is 2.77 bits per heavy atom. The van der Waals surface area contributed by atoms with Crippen molar-refractivity contribution in [3.8, 4) is 28.5 Å². The summed E-state index contributed by atoms with van der Waals surface area (Å²) < 4.78 is 21.8. The zero-order chi connectivity index (χ0) is 23.8. The summed E-state index contributed by atoms with van der Waals surface area (Å²) in [5.74, 6) is 1.80. The first-order valence-corrected chi connectivity index (χ1v) is 11.5. The van der Waals surface area contributed by atoms with Crippen LogP contribution in [0.1, 0.15) is 34.8 Å². The van der Waals surface area contributed by atoms with Gasteiger partial charge >= 0.3 is 0 Å². The monoisotopic (exact) mass is 473 g/mol. The quantitative estimate of drug-likeness (QED) is 0.398. The van der Waals surface area contributed by atoms with Crippen LogP contribution in [-0.4, -0.2) is 47.2 Å². The third-order valence-electron chi connectivity index (χ3n) is 6.04. The van der Waals surface area contributed by atoms with Crippen LogP contribution >= 0.6 is 0 Å². The van der Waals surface area contributed by atoms with Crippen molar-refractivity contribution < 1.29 is 28.6 Å². The van der Waals surface area contributed by atoms with Gasteiger partial charge in [-0.15, -0.1) is 0 Å². The molecule has 2 aromatic heterocycles. The molecule has 1 amide bonds. The fourth-order valence-electron chi connectivity index (χ4n) is 4.05. The number of nitrogens with zero attached hydrogens (tertiary/aromatic N) is 2. The van der Waals surface area contributed by atoms with Crippen molar-refractivity contribution in [2.45, 2.75) is 24.9 Å². The number of amides is 1. The molecule has 1 saturated carbocycles. The van der Waals surface area contributed by atoms with Crippen LogP contribution in [0.3, 0.4) is 0 Å². The van der Waals surface area contributed by atoms with Crippen LogP contribution in [0, 0.1) is 0 Å². The van der Waals surface area contributed by atoms with Crippen LogP contribution in [0.4, 0.5) is 0 Å². The van der Waals surface area contributed by atoms with Crippen LogP contribution in [0.5, 0.6) is 17.2 Å². The van der Waals surface area contributed by atoms with E-state index in [0.717, 1.165) is 24.1 Å². The summed E-state index contributed by atoms with van der Waals surface area (Å²) in [4.78, 5) is 17.9. The Bertz CT molecular complexity index is 1380. The van der Waals surface area contributed by atoms with Crippen LogP contribution in [0.2, 0.25) is 0 Å². The molecule has 1 atom stereocenters. The molecule has 0 spiro atoms. The van der Waals surface area contributed by atoms with Crippen molar-refractivity contribution in [1.29, 1.82) is 0 Å². The number of carbonyl (C=O) groups is 1. The van der Waals surface area contributed by atoms with Crippen molar-refractivity contribution >= 4 is 17.0 Å². The number of ether oxygens (including phenoxy) is 3. The van der Waals surface area contributed by atoms with E-state index in [9.17, 15) is 9.90 Å². The Kier molecular flexibility index (Phi) is 5.46. The third-order valence-corrected chi connectivity index (χ3v) is 6.04. The molecule has 1 fully saturated rings. The normalized spacial score (nSPS) is 15.2. The summed E-state index contributed by atoms with van der Waals surface area (Å²) in [6.07, 6.45) is 1.16. The highest BCUT2D eigenvalue weighted by molar-refractivity contribution is 6.09. The van der Waals surface area contributed by atoms with E-state index in [0.29, 0.717) is 45.5 Å². The van der Waals surface area contributed by atoms with Crippen LogP contribution in [0.25, 0.3) is 22.4 Å². The molecule has 2 aliphatic rings. The highest BCUT2D eigenvalue weighted by Crippen LogP contribution is 2.41. The van der Waals surface area contributed by atoms with Gasteiger partial charge in [-0.1, -0.05) is 35.5 Å². The number of hydrogen-bond donors (Lipinski definition) is 2. The molecule has 0 radical (unpaired) electrons. The van der Waals surface area contributed by atoms with E-state index in [1.807, 2.05) is 36.4 Å². The van der Waals surface area contributed by atoms with Crippen molar-refractivity contribution in [3.63, 3.8) is 0 Å². The van der Waals surface area contributed by atoms with E-state index in [-0.39, 0.29) is 25.9 Å². The van der Waals surface area contributed by atoms with Crippen LogP contribution in [-0.2, 0) is 0 Å². The average molecular weight is 473 g/mol. The van der Waals surface area contributed by atoms with Gasteiger partial charge in [0.05, 0.1) is 10.9 Å². The maximum Gasteiger partial charge on any atom is 0.259 e. The Morgan fingerprint density at radius 1 is 1.11 bits per heavy atom. The molecule has 1 aliphatic carbocycles. The minimum atomic E-state index is -0.916. The molecule has 4 aromatic rings. The van der Waals surface area contributed by atoms with Gasteiger partial charge in [-0.3, -0.25) is 4.79 Å². The lowest BCUT2D eigenvalue weighted by Gasteiger charge is -2.14. The Morgan fingerprint density at radius 2 is 1.94 bits per heavy atom. The number of pyridine rings is 1. The van der Waals surface area contributed by atoms with Gasteiger partial charge in [0.1, 0.15) is 24.2 Å². The SMILES string of the molecule is O=C(NCC(O)COc1ccc2c(c1)OCO2)c1cc(C2CC2)nc2onc(-c3ccccc3)c12. The molecular formula is C26H23N3O6. The molecule has 0 bridgehead atoms. The molecule has 6 rings (SSSR count). The van der Waals surface area contributed by atoms with E-state index >= 15 is 0 Å². The summed E-state index contributed by atoms with van der Waals surface area (Å²) in [6, 6.07) is 16.5. The summed E-state index contributed by atoms with van der Waals surface area (Å²) in [5.41, 5.74) is 2.99. The van der Waals surface area contributed by atoms with Gasteiger partial charge in [-0.05, 0) is 31.0 Å². The predicted molar refractivity (Wildman–Crippen MR) is 126 cm³/mol. The first kappa shape index (κ1) is 21.4. The maximum absolute atomic E-state index is 13.3. The second-order valence-corrected chi connectivity index (χ2v) is 8.64. The van der Waals surface area contributed by atoms with E-state index in [1.165, 1.54) is 0 Å². The van der Waals surface area contributed by atoms with Gasteiger partial charge in [0, 0.05) is 29.8 Å². The minimum Gasteiger partial charge on any atom is -0.491 e. The van der Waals surface area contributed by atoms with Crippen LogP contribution < -0.4 is 19.5 Å². The Balaban J connectivity index is 1.18. The van der Waals surface area contributed by atoms with E-state index in [1.54, 1.807) is 18.2 Å². The fourth-order valence-corrected chi connectivity index (χ4v) is 4.05. The number of hydrogen-bond acceptors (Lipinski definition) is 8. The van der Waals surface area contributed by atoms with Crippen LogP contribution in [0.15, 0.2) is 59.1 Å². The Labute approximate surface area is 200 Å². The molecule has 1 unspecified atom stereocenters. The summed E-state index contributed by atoms with van der Waals surface area (Å²) in [5, 5.41) is 18.0. The molecule has 3 heterocycles. The van der Waals surface area contributed by atoms with Crippen molar-refractivity contribution in [3.05, 3.63) is 65.9 Å². The third kappa shape index (κ3) is 4.38. The zero-order valence-corrected chi connectivity index (χ0v) is 18.8. The van der Waals surface area contributed by atoms with Crippen molar-refractivity contribution in [1.82, 2.24) is 15.5 Å². The van der Waals surface area contributed by atoms with Crippen molar-refractivity contribution in [2.75, 3.05) is 19.9 Å². The first-order chi connectivity index (χ1) is 17.2. The first-order valence-electron chi connectivity index (χ1n) is 11.5. The zero-order valence-electron chi connectivity index (χ0n) is 18.8. The lowest BCUT2D eigenvalue weighted by molar-refractivity contribution is 0.0844. The molecular weight excluding hydrogens is 450 g/mol. The summed E-state index contributed by atoms with van der Waals surface area (Å²) in [6.45, 7) is 0.190. The van der Waals surface area contributed by atoms with Gasteiger partial charge in [0.25, 0.3) is 11.6 Å². The number of carbonyl (C=O) groups excluding carboxylic acids is 1. The molecule has 35 heavy (non-hydrogen) atoms. The Hall–Kier alpha value is -4.11. The topological polar surface area (TPSA) is 116 Å². The molecule has 178 valence electrons. The number of fused-ring (bicyclic) bond motifs is 2.